The molecule has 0 aliphatic rings. The first-order chi connectivity index (χ1) is 5.20. The number of hydrogen-bond donors (Lipinski definition) is 0. The van der Waals surface area contributed by atoms with E-state index in [1.807, 2.05) is 0 Å². The Hall–Kier alpha value is -0.463. The maximum absolute atomic E-state index is 10.6. The smallest absolute Gasteiger partial charge is 0.317 e. The minimum atomic E-state index is -0.536. The second-order valence-corrected chi connectivity index (χ2v) is 1.79. The molecule has 0 bridgehead atoms. The number of rotatable bonds is 4. The van der Waals surface area contributed by atoms with E-state index in [4.69, 9.17) is 0 Å². The fourth-order valence-electron chi connectivity index (χ4n) is 0.542. The molecule has 5 heteroatoms. The molecule has 0 saturated heterocycles. The molecule has 0 atom stereocenters. The third-order valence-corrected chi connectivity index (χ3v) is 0.899. The Morgan fingerprint density at radius 3 is 1.58 bits per heavy atom. The number of carbonyl (C=O) groups is 2. The molecular weight excluding hydrogens is 155 g/mol. The van der Waals surface area contributed by atoms with Crippen LogP contribution in [0.2, 0.25) is 0 Å². The summed E-state index contributed by atoms with van der Waals surface area (Å²) < 4.78 is 9.04. The second-order valence-electron chi connectivity index (χ2n) is 1.79. The minimum Gasteiger partial charge on any atom is -0.466 e. The van der Waals surface area contributed by atoms with Gasteiger partial charge in [0.1, 0.15) is 6.42 Å². The molecule has 1 radical (unpaired) electrons. The van der Waals surface area contributed by atoms with Crippen molar-refractivity contribution in [2.45, 2.75) is 20.3 Å². The Balaban J connectivity index is 0. The zero-order chi connectivity index (χ0) is 8.69. The normalized spacial score (nSPS) is 8.17. The average molecular weight is 167 g/mol. The van der Waals surface area contributed by atoms with Gasteiger partial charge in [-0.05, 0) is 13.8 Å². The topological polar surface area (TPSA) is 52.6 Å². The molecule has 0 amide bonds. The predicted molar refractivity (Wildman–Crippen MR) is 43.6 cm³/mol. The maximum Gasteiger partial charge on any atom is 0.317 e. The van der Waals surface area contributed by atoms with Crippen molar-refractivity contribution in [1.82, 2.24) is 0 Å². The van der Waals surface area contributed by atoms with Crippen molar-refractivity contribution in [2.24, 2.45) is 0 Å². The van der Waals surface area contributed by atoms with Crippen molar-refractivity contribution in [3.05, 3.63) is 0 Å². The molecule has 0 unspecified atom stereocenters. The molecule has 0 N–H and O–H groups in total. The van der Waals surface area contributed by atoms with Crippen LogP contribution in [-0.4, -0.2) is 44.0 Å². The van der Waals surface area contributed by atoms with Crippen LogP contribution in [-0.2, 0) is 19.1 Å². The van der Waals surface area contributed by atoms with E-state index in [9.17, 15) is 9.59 Å². The molecule has 0 aliphatic heterocycles. The third kappa shape index (κ3) is 7.64. The second kappa shape index (κ2) is 8.63. The van der Waals surface area contributed by atoms with E-state index in [-0.39, 0.29) is 38.5 Å². The Kier molecular flexibility index (Phi) is 10.1. The first-order valence-corrected chi connectivity index (χ1v) is 3.52. The molecule has 0 aromatic heterocycles. The van der Waals surface area contributed by atoms with E-state index in [0.29, 0.717) is 0 Å². The Labute approximate surface area is 83.8 Å². The summed E-state index contributed by atoms with van der Waals surface area (Å²) in [5.74, 6) is -1.07. The summed E-state index contributed by atoms with van der Waals surface area (Å²) in [6.45, 7) is 3.95. The minimum absolute atomic E-state index is 0. The molecule has 0 saturated carbocycles. The van der Waals surface area contributed by atoms with Gasteiger partial charge in [0, 0.05) is 18.9 Å². The van der Waals surface area contributed by atoms with E-state index < -0.39 is 11.9 Å². The first kappa shape index (κ1) is 14.1. The van der Waals surface area contributed by atoms with E-state index >= 15 is 0 Å². The van der Waals surface area contributed by atoms with Crippen LogP contribution in [0.25, 0.3) is 0 Å². The Morgan fingerprint density at radius 2 is 1.33 bits per heavy atom. The molecule has 0 aromatic rings. The summed E-state index contributed by atoms with van der Waals surface area (Å²) in [7, 11) is 0. The zero-order valence-corrected chi connectivity index (χ0v) is 7.75. The van der Waals surface area contributed by atoms with Crippen LogP contribution in [0, 0.1) is 0 Å². The molecule has 0 spiro atoms. The van der Waals surface area contributed by atoms with Crippen molar-refractivity contribution in [3.8, 4) is 0 Å². The van der Waals surface area contributed by atoms with Crippen LogP contribution in [0.4, 0.5) is 0 Å². The van der Waals surface area contributed by atoms with Crippen molar-refractivity contribution in [3.63, 3.8) is 0 Å². The quantitative estimate of drug-likeness (QED) is 0.339. The van der Waals surface area contributed by atoms with Gasteiger partial charge in [-0.1, -0.05) is 0 Å². The van der Waals surface area contributed by atoms with Crippen molar-refractivity contribution in [1.29, 1.82) is 0 Å². The molecule has 0 fully saturated rings. The van der Waals surface area contributed by atoms with E-state index in [2.05, 4.69) is 9.47 Å². The number of esters is 2. The molecule has 12 heavy (non-hydrogen) atoms. The maximum atomic E-state index is 10.6. The predicted octanol–water partition coefficient (Wildman–Crippen LogP) is 0.122. The van der Waals surface area contributed by atoms with Crippen molar-refractivity contribution in [2.75, 3.05) is 13.2 Å². The van der Waals surface area contributed by atoms with Gasteiger partial charge in [0.15, 0.2) is 0 Å². The van der Waals surface area contributed by atoms with E-state index in [0.717, 1.165) is 0 Å². The monoisotopic (exact) mass is 167 g/mol. The largest absolute Gasteiger partial charge is 0.466 e. The fraction of sp³-hybridized carbons (Fsp3) is 0.714. The van der Waals surface area contributed by atoms with Gasteiger partial charge in [0.25, 0.3) is 0 Å². The van der Waals surface area contributed by atoms with E-state index in [1.54, 1.807) is 13.8 Å². The molecule has 0 aliphatic carbocycles. The van der Waals surface area contributed by atoms with Crippen molar-refractivity contribution >= 4 is 30.8 Å². The van der Waals surface area contributed by atoms with Crippen LogP contribution in [0.3, 0.4) is 0 Å². The molecule has 0 heterocycles. The standard InChI is InChI=1S/C7H12O4.Li/c1-3-10-6(8)5-7(9)11-4-2;/h3-5H2,1-2H3;. The van der Waals surface area contributed by atoms with E-state index in [1.165, 1.54) is 0 Å². The van der Waals surface area contributed by atoms with Crippen LogP contribution in [0.5, 0.6) is 0 Å². The molecular formula is C7H12LiO4. The Morgan fingerprint density at radius 1 is 1.00 bits per heavy atom. The Bertz CT molecular complexity index is 130. The van der Waals surface area contributed by atoms with Gasteiger partial charge in [-0.25, -0.2) is 0 Å². The van der Waals surface area contributed by atoms with Gasteiger partial charge >= 0.3 is 11.9 Å². The van der Waals surface area contributed by atoms with Crippen LogP contribution in [0.15, 0.2) is 0 Å². The molecule has 0 rings (SSSR count). The van der Waals surface area contributed by atoms with Crippen LogP contribution < -0.4 is 0 Å². The summed E-state index contributed by atoms with van der Waals surface area (Å²) >= 11 is 0. The number of ether oxygens (including phenoxy) is 2. The summed E-state index contributed by atoms with van der Waals surface area (Å²) in [5.41, 5.74) is 0. The van der Waals surface area contributed by atoms with Gasteiger partial charge in [0.05, 0.1) is 13.2 Å². The summed E-state index contributed by atoms with van der Waals surface area (Å²) in [4.78, 5) is 21.2. The van der Waals surface area contributed by atoms with Gasteiger partial charge in [0.2, 0.25) is 0 Å². The SMILES string of the molecule is CCOC(=O)CC(=O)OCC.[Li]. The number of hydrogen-bond acceptors (Lipinski definition) is 4. The summed E-state index contributed by atoms with van der Waals surface area (Å²) in [5, 5.41) is 0. The summed E-state index contributed by atoms with van der Waals surface area (Å²) in [6.07, 6.45) is -0.290. The third-order valence-electron chi connectivity index (χ3n) is 0.899. The van der Waals surface area contributed by atoms with Crippen LogP contribution >= 0.6 is 0 Å². The zero-order valence-electron chi connectivity index (χ0n) is 7.75. The fourth-order valence-corrected chi connectivity index (χ4v) is 0.542. The molecule has 0 aromatic carbocycles. The molecule has 65 valence electrons. The average Bonchev–Trinajstić information content (AvgIpc) is 1.87. The summed E-state index contributed by atoms with van der Waals surface area (Å²) in [6, 6.07) is 0. The molecule has 4 nitrogen and oxygen atoms in total. The van der Waals surface area contributed by atoms with Gasteiger partial charge < -0.3 is 9.47 Å². The van der Waals surface area contributed by atoms with Gasteiger partial charge in [-0.15, -0.1) is 0 Å². The first-order valence-electron chi connectivity index (χ1n) is 3.52. The number of carbonyl (C=O) groups excluding carboxylic acids is 2. The van der Waals surface area contributed by atoms with Gasteiger partial charge in [-0.3, -0.25) is 9.59 Å². The van der Waals surface area contributed by atoms with Gasteiger partial charge in [-0.2, -0.15) is 0 Å². The van der Waals surface area contributed by atoms with Crippen molar-refractivity contribution < 1.29 is 19.1 Å². The van der Waals surface area contributed by atoms with Crippen LogP contribution in [0.1, 0.15) is 20.3 Å².